The van der Waals surface area contributed by atoms with Crippen molar-refractivity contribution in [1.82, 2.24) is 4.98 Å². The molecule has 3 rings (SSSR count). The number of ether oxygens (including phenoxy) is 3. The molecule has 0 unspecified atom stereocenters. The number of rotatable bonds is 6. The van der Waals surface area contributed by atoms with Crippen LogP contribution in [0.1, 0.15) is 5.56 Å². The standard InChI is InChI=1S/C19H18N2O4S/c1-23-13-9-7-12(11-15(13)25-3)8-10-17(22)20-19-21-18-14(24-2)5-4-6-16(18)26-19/h4-11H,1-3H3,(H,20,21,22)/b10-8+. The fourth-order valence-electron chi connectivity index (χ4n) is 2.42. The molecule has 0 saturated carbocycles. The Morgan fingerprint density at radius 1 is 1.04 bits per heavy atom. The third kappa shape index (κ3) is 3.78. The molecule has 0 radical (unpaired) electrons. The van der Waals surface area contributed by atoms with E-state index in [1.54, 1.807) is 39.5 Å². The van der Waals surface area contributed by atoms with Crippen molar-refractivity contribution in [3.8, 4) is 17.2 Å². The van der Waals surface area contributed by atoms with Gasteiger partial charge in [-0.3, -0.25) is 10.1 Å². The molecule has 0 aliphatic rings. The number of nitrogens with zero attached hydrogens (tertiary/aromatic N) is 1. The average molecular weight is 370 g/mol. The van der Waals surface area contributed by atoms with Gasteiger partial charge in [0.2, 0.25) is 5.91 Å². The highest BCUT2D eigenvalue weighted by atomic mass is 32.1. The zero-order chi connectivity index (χ0) is 18.5. The number of methoxy groups -OCH3 is 3. The van der Waals surface area contributed by atoms with Crippen LogP contribution in [0.5, 0.6) is 17.2 Å². The van der Waals surface area contributed by atoms with Crippen LogP contribution in [-0.4, -0.2) is 32.2 Å². The summed E-state index contributed by atoms with van der Waals surface area (Å²) in [6.07, 6.45) is 3.15. The number of carbonyl (C=O) groups is 1. The zero-order valence-corrected chi connectivity index (χ0v) is 15.4. The summed E-state index contributed by atoms with van der Waals surface area (Å²) in [7, 11) is 4.74. The van der Waals surface area contributed by atoms with E-state index >= 15 is 0 Å². The lowest BCUT2D eigenvalue weighted by Crippen LogP contribution is -2.07. The van der Waals surface area contributed by atoms with Crippen molar-refractivity contribution in [2.75, 3.05) is 26.6 Å². The van der Waals surface area contributed by atoms with Crippen LogP contribution in [-0.2, 0) is 4.79 Å². The summed E-state index contributed by atoms with van der Waals surface area (Å²) in [6.45, 7) is 0. The predicted molar refractivity (Wildman–Crippen MR) is 103 cm³/mol. The van der Waals surface area contributed by atoms with Gasteiger partial charge in [0.25, 0.3) is 0 Å². The van der Waals surface area contributed by atoms with Crippen LogP contribution in [0.2, 0.25) is 0 Å². The number of hydrogen-bond donors (Lipinski definition) is 1. The Hall–Kier alpha value is -3.06. The van der Waals surface area contributed by atoms with Crippen LogP contribution in [0.25, 0.3) is 16.3 Å². The van der Waals surface area contributed by atoms with Crippen LogP contribution >= 0.6 is 11.3 Å². The second kappa shape index (κ2) is 7.88. The number of para-hydroxylation sites is 1. The van der Waals surface area contributed by atoms with Gasteiger partial charge in [-0.1, -0.05) is 23.5 Å². The summed E-state index contributed by atoms with van der Waals surface area (Å²) in [5.41, 5.74) is 1.56. The summed E-state index contributed by atoms with van der Waals surface area (Å²) in [5.74, 6) is 1.66. The van der Waals surface area contributed by atoms with Gasteiger partial charge >= 0.3 is 0 Å². The molecule has 0 bridgehead atoms. The van der Waals surface area contributed by atoms with Gasteiger partial charge in [0, 0.05) is 6.08 Å². The molecule has 1 heterocycles. The molecular formula is C19H18N2O4S. The van der Waals surface area contributed by atoms with Gasteiger partial charge in [-0.25, -0.2) is 4.98 Å². The highest BCUT2D eigenvalue weighted by Crippen LogP contribution is 2.32. The number of anilines is 1. The first-order chi connectivity index (χ1) is 12.6. The molecule has 3 aromatic rings. The molecule has 134 valence electrons. The second-order valence-corrected chi connectivity index (χ2v) is 6.29. The Kier molecular flexibility index (Phi) is 5.38. The highest BCUT2D eigenvalue weighted by molar-refractivity contribution is 7.22. The minimum Gasteiger partial charge on any atom is -0.494 e. The minimum atomic E-state index is -0.266. The van der Waals surface area contributed by atoms with E-state index in [1.165, 1.54) is 17.4 Å². The lowest BCUT2D eigenvalue weighted by atomic mass is 10.2. The second-order valence-electron chi connectivity index (χ2n) is 5.26. The molecule has 2 aromatic carbocycles. The van der Waals surface area contributed by atoms with Crippen LogP contribution < -0.4 is 19.5 Å². The Morgan fingerprint density at radius 3 is 2.54 bits per heavy atom. The molecule has 6 nitrogen and oxygen atoms in total. The predicted octanol–water partition coefficient (Wildman–Crippen LogP) is 3.97. The third-order valence-electron chi connectivity index (χ3n) is 3.67. The lowest BCUT2D eigenvalue weighted by molar-refractivity contribution is -0.111. The monoisotopic (exact) mass is 370 g/mol. The number of aromatic nitrogens is 1. The SMILES string of the molecule is COc1ccc(/C=C/C(=O)Nc2nc3c(OC)cccc3s2)cc1OC. The molecule has 0 saturated heterocycles. The van der Waals surface area contributed by atoms with Crippen molar-refractivity contribution in [3.63, 3.8) is 0 Å². The van der Waals surface area contributed by atoms with Crippen LogP contribution in [0.15, 0.2) is 42.5 Å². The fourth-order valence-corrected chi connectivity index (χ4v) is 3.30. The molecule has 7 heteroatoms. The van der Waals surface area contributed by atoms with Crippen LogP contribution in [0.4, 0.5) is 5.13 Å². The topological polar surface area (TPSA) is 69.7 Å². The number of amides is 1. The van der Waals surface area contributed by atoms with Crippen molar-refractivity contribution in [2.45, 2.75) is 0 Å². The molecule has 26 heavy (non-hydrogen) atoms. The number of fused-ring (bicyclic) bond motifs is 1. The Balaban J connectivity index is 1.73. The molecule has 0 aliphatic heterocycles. The minimum absolute atomic E-state index is 0.266. The average Bonchev–Trinajstić information content (AvgIpc) is 3.08. The largest absolute Gasteiger partial charge is 0.494 e. The van der Waals surface area contributed by atoms with Crippen molar-refractivity contribution in [1.29, 1.82) is 0 Å². The normalized spacial score (nSPS) is 10.9. The van der Waals surface area contributed by atoms with Crippen molar-refractivity contribution >= 4 is 38.7 Å². The van der Waals surface area contributed by atoms with E-state index in [0.29, 0.717) is 22.4 Å². The van der Waals surface area contributed by atoms with Gasteiger partial charge in [-0.15, -0.1) is 0 Å². The summed E-state index contributed by atoms with van der Waals surface area (Å²) in [5, 5.41) is 3.29. The highest BCUT2D eigenvalue weighted by Gasteiger charge is 2.10. The van der Waals surface area contributed by atoms with E-state index in [1.807, 2.05) is 24.3 Å². The summed E-state index contributed by atoms with van der Waals surface area (Å²) >= 11 is 1.39. The number of nitrogens with one attached hydrogen (secondary N) is 1. The van der Waals surface area contributed by atoms with E-state index < -0.39 is 0 Å². The van der Waals surface area contributed by atoms with Crippen molar-refractivity contribution in [2.24, 2.45) is 0 Å². The Bertz CT molecular complexity index is 965. The van der Waals surface area contributed by atoms with Crippen LogP contribution in [0.3, 0.4) is 0 Å². The van der Waals surface area contributed by atoms with Gasteiger partial charge < -0.3 is 14.2 Å². The molecule has 0 atom stereocenters. The van der Waals surface area contributed by atoms with Crippen molar-refractivity contribution in [3.05, 3.63) is 48.0 Å². The van der Waals surface area contributed by atoms with E-state index in [-0.39, 0.29) is 5.91 Å². The zero-order valence-electron chi connectivity index (χ0n) is 14.6. The summed E-state index contributed by atoms with van der Waals surface area (Å²) in [6, 6.07) is 11.1. The maximum atomic E-state index is 12.2. The maximum absolute atomic E-state index is 12.2. The summed E-state index contributed by atoms with van der Waals surface area (Å²) in [4.78, 5) is 16.6. The first-order valence-electron chi connectivity index (χ1n) is 7.79. The Morgan fingerprint density at radius 2 is 1.81 bits per heavy atom. The van der Waals surface area contributed by atoms with E-state index in [4.69, 9.17) is 14.2 Å². The van der Waals surface area contributed by atoms with E-state index in [2.05, 4.69) is 10.3 Å². The molecule has 0 aliphatic carbocycles. The third-order valence-corrected chi connectivity index (χ3v) is 4.60. The summed E-state index contributed by atoms with van der Waals surface area (Å²) < 4.78 is 16.7. The molecule has 1 aromatic heterocycles. The van der Waals surface area contributed by atoms with Gasteiger partial charge in [-0.05, 0) is 35.9 Å². The van der Waals surface area contributed by atoms with Gasteiger partial charge in [0.1, 0.15) is 11.3 Å². The maximum Gasteiger partial charge on any atom is 0.250 e. The number of benzene rings is 2. The smallest absolute Gasteiger partial charge is 0.250 e. The first-order valence-corrected chi connectivity index (χ1v) is 8.61. The number of carbonyl (C=O) groups excluding carboxylic acids is 1. The molecule has 1 N–H and O–H groups in total. The number of thiazole rings is 1. The Labute approximate surface area is 155 Å². The van der Waals surface area contributed by atoms with Gasteiger partial charge in [-0.2, -0.15) is 0 Å². The molecular weight excluding hydrogens is 352 g/mol. The first kappa shape index (κ1) is 17.8. The molecule has 0 spiro atoms. The fraction of sp³-hybridized carbons (Fsp3) is 0.158. The van der Waals surface area contributed by atoms with Gasteiger partial charge in [0.05, 0.1) is 26.0 Å². The molecule has 1 amide bonds. The van der Waals surface area contributed by atoms with Crippen molar-refractivity contribution < 1.29 is 19.0 Å². The molecule has 0 fully saturated rings. The quantitative estimate of drug-likeness (QED) is 0.665. The van der Waals surface area contributed by atoms with Gasteiger partial charge in [0.15, 0.2) is 16.6 Å². The van der Waals surface area contributed by atoms with E-state index in [9.17, 15) is 4.79 Å². The van der Waals surface area contributed by atoms with Crippen LogP contribution in [0, 0.1) is 0 Å². The van der Waals surface area contributed by atoms with E-state index in [0.717, 1.165) is 15.8 Å². The lowest BCUT2D eigenvalue weighted by Gasteiger charge is -2.07. The number of hydrogen-bond acceptors (Lipinski definition) is 6.